The highest BCUT2D eigenvalue weighted by Gasteiger charge is 2.19. The summed E-state index contributed by atoms with van der Waals surface area (Å²) in [6, 6.07) is 5.65. The Labute approximate surface area is 96.5 Å². The molecule has 1 aromatic carbocycles. The summed E-state index contributed by atoms with van der Waals surface area (Å²) in [4.78, 5) is 0. The summed E-state index contributed by atoms with van der Waals surface area (Å²) in [5, 5.41) is 0. The Balaban J connectivity index is 2.01. The highest BCUT2D eigenvalue weighted by atomic mass is 16.5. The van der Waals surface area contributed by atoms with E-state index in [9.17, 15) is 0 Å². The van der Waals surface area contributed by atoms with E-state index in [0.29, 0.717) is 18.4 Å². The van der Waals surface area contributed by atoms with E-state index in [1.807, 2.05) is 18.2 Å². The minimum absolute atomic E-state index is 0.391. The highest BCUT2D eigenvalue weighted by Crippen LogP contribution is 2.30. The van der Waals surface area contributed by atoms with Gasteiger partial charge in [-0.3, -0.25) is 0 Å². The minimum Gasteiger partial charge on any atom is -0.491 e. The first-order valence-corrected chi connectivity index (χ1v) is 5.98. The average molecular weight is 221 g/mol. The lowest BCUT2D eigenvalue weighted by Gasteiger charge is -2.26. The van der Waals surface area contributed by atoms with Crippen LogP contribution in [0.3, 0.4) is 0 Å². The van der Waals surface area contributed by atoms with Gasteiger partial charge in [-0.05, 0) is 37.8 Å². The van der Waals surface area contributed by atoms with Crippen molar-refractivity contribution < 1.29 is 9.47 Å². The molecule has 2 rings (SSSR count). The molecule has 1 saturated carbocycles. The molecule has 0 atom stereocenters. The SMILES string of the molecule is CCCOc1cc(OC2CCC2)ccc1N. The second-order valence-electron chi connectivity index (χ2n) is 4.22. The van der Waals surface area contributed by atoms with Crippen molar-refractivity contribution in [3.8, 4) is 11.5 Å². The van der Waals surface area contributed by atoms with E-state index in [1.54, 1.807) is 0 Å². The first kappa shape index (κ1) is 11.1. The summed E-state index contributed by atoms with van der Waals surface area (Å²) in [7, 11) is 0. The molecule has 0 amide bonds. The van der Waals surface area contributed by atoms with Crippen molar-refractivity contribution in [1.82, 2.24) is 0 Å². The maximum atomic E-state index is 5.83. The fraction of sp³-hybridized carbons (Fsp3) is 0.538. The fourth-order valence-corrected chi connectivity index (χ4v) is 1.61. The zero-order valence-electron chi connectivity index (χ0n) is 9.74. The van der Waals surface area contributed by atoms with E-state index in [4.69, 9.17) is 15.2 Å². The highest BCUT2D eigenvalue weighted by molar-refractivity contribution is 5.55. The Kier molecular flexibility index (Phi) is 3.54. The lowest BCUT2D eigenvalue weighted by atomic mass is 9.96. The third-order valence-corrected chi connectivity index (χ3v) is 2.80. The third kappa shape index (κ3) is 2.60. The minimum atomic E-state index is 0.391. The molecule has 88 valence electrons. The molecule has 0 spiro atoms. The molecular weight excluding hydrogens is 202 g/mol. The average Bonchev–Trinajstić information content (AvgIpc) is 2.23. The van der Waals surface area contributed by atoms with E-state index >= 15 is 0 Å². The quantitative estimate of drug-likeness (QED) is 0.777. The lowest BCUT2D eigenvalue weighted by molar-refractivity contribution is 0.120. The van der Waals surface area contributed by atoms with Crippen molar-refractivity contribution in [2.75, 3.05) is 12.3 Å². The lowest BCUT2D eigenvalue weighted by Crippen LogP contribution is -2.24. The molecule has 0 bridgehead atoms. The second-order valence-corrected chi connectivity index (χ2v) is 4.22. The fourth-order valence-electron chi connectivity index (χ4n) is 1.61. The van der Waals surface area contributed by atoms with Gasteiger partial charge in [0.2, 0.25) is 0 Å². The molecule has 3 nitrogen and oxygen atoms in total. The summed E-state index contributed by atoms with van der Waals surface area (Å²) in [5.41, 5.74) is 6.50. The monoisotopic (exact) mass is 221 g/mol. The van der Waals surface area contributed by atoms with Gasteiger partial charge in [0.15, 0.2) is 0 Å². The van der Waals surface area contributed by atoms with Crippen LogP contribution in [0.5, 0.6) is 11.5 Å². The summed E-state index contributed by atoms with van der Waals surface area (Å²) < 4.78 is 11.3. The third-order valence-electron chi connectivity index (χ3n) is 2.80. The Morgan fingerprint density at radius 2 is 2.19 bits per heavy atom. The van der Waals surface area contributed by atoms with Gasteiger partial charge in [-0.25, -0.2) is 0 Å². The Bertz CT molecular complexity index is 348. The van der Waals surface area contributed by atoms with E-state index < -0.39 is 0 Å². The molecule has 0 saturated heterocycles. The predicted octanol–water partition coefficient (Wildman–Crippen LogP) is 2.99. The van der Waals surface area contributed by atoms with Gasteiger partial charge in [-0.15, -0.1) is 0 Å². The summed E-state index contributed by atoms with van der Waals surface area (Å²) in [5.74, 6) is 1.60. The van der Waals surface area contributed by atoms with Crippen LogP contribution in [0.1, 0.15) is 32.6 Å². The van der Waals surface area contributed by atoms with Crippen LogP contribution in [0.2, 0.25) is 0 Å². The normalized spacial score (nSPS) is 15.6. The molecule has 1 aliphatic carbocycles. The van der Waals surface area contributed by atoms with Gasteiger partial charge in [-0.1, -0.05) is 6.92 Å². The number of nitrogens with two attached hydrogens (primary N) is 1. The van der Waals surface area contributed by atoms with Crippen molar-refractivity contribution >= 4 is 5.69 Å². The number of nitrogen functional groups attached to an aromatic ring is 1. The largest absolute Gasteiger partial charge is 0.491 e. The molecule has 0 aliphatic heterocycles. The molecule has 0 aromatic heterocycles. The molecule has 0 radical (unpaired) electrons. The van der Waals surface area contributed by atoms with Crippen LogP contribution in [0.15, 0.2) is 18.2 Å². The van der Waals surface area contributed by atoms with Crippen molar-refractivity contribution in [3.63, 3.8) is 0 Å². The maximum Gasteiger partial charge on any atom is 0.145 e. The predicted molar refractivity (Wildman–Crippen MR) is 64.9 cm³/mol. The Hall–Kier alpha value is -1.38. The molecule has 0 unspecified atom stereocenters. The van der Waals surface area contributed by atoms with Crippen molar-refractivity contribution in [3.05, 3.63) is 18.2 Å². The maximum absolute atomic E-state index is 5.83. The van der Waals surface area contributed by atoms with Crippen molar-refractivity contribution in [2.45, 2.75) is 38.7 Å². The van der Waals surface area contributed by atoms with Gasteiger partial charge in [-0.2, -0.15) is 0 Å². The summed E-state index contributed by atoms with van der Waals surface area (Å²) in [6.45, 7) is 2.77. The number of rotatable bonds is 5. The number of hydrogen-bond donors (Lipinski definition) is 1. The molecule has 2 N–H and O–H groups in total. The Morgan fingerprint density at radius 1 is 1.38 bits per heavy atom. The van der Waals surface area contributed by atoms with Crippen LogP contribution in [0.25, 0.3) is 0 Å². The molecule has 1 fully saturated rings. The smallest absolute Gasteiger partial charge is 0.145 e. The summed E-state index contributed by atoms with van der Waals surface area (Å²) >= 11 is 0. The van der Waals surface area contributed by atoms with Crippen molar-refractivity contribution in [1.29, 1.82) is 0 Å². The molecule has 1 aliphatic rings. The van der Waals surface area contributed by atoms with Crippen LogP contribution in [0.4, 0.5) is 5.69 Å². The zero-order chi connectivity index (χ0) is 11.4. The van der Waals surface area contributed by atoms with Crippen LogP contribution >= 0.6 is 0 Å². The van der Waals surface area contributed by atoms with Gasteiger partial charge in [0.1, 0.15) is 11.5 Å². The molecule has 16 heavy (non-hydrogen) atoms. The van der Waals surface area contributed by atoms with E-state index in [2.05, 4.69) is 6.92 Å². The Morgan fingerprint density at radius 3 is 2.81 bits per heavy atom. The molecule has 1 aromatic rings. The van der Waals surface area contributed by atoms with Crippen molar-refractivity contribution in [2.24, 2.45) is 0 Å². The van der Waals surface area contributed by atoms with Crippen LogP contribution in [-0.4, -0.2) is 12.7 Å². The number of anilines is 1. The van der Waals surface area contributed by atoms with Gasteiger partial charge < -0.3 is 15.2 Å². The van der Waals surface area contributed by atoms with E-state index in [-0.39, 0.29) is 0 Å². The first-order chi connectivity index (χ1) is 7.79. The van der Waals surface area contributed by atoms with Gasteiger partial charge in [0.25, 0.3) is 0 Å². The first-order valence-electron chi connectivity index (χ1n) is 5.98. The van der Waals surface area contributed by atoms with Crippen LogP contribution in [-0.2, 0) is 0 Å². The summed E-state index contributed by atoms with van der Waals surface area (Å²) in [6.07, 6.45) is 4.97. The molecule has 0 heterocycles. The molecule has 3 heteroatoms. The van der Waals surface area contributed by atoms with E-state index in [1.165, 1.54) is 6.42 Å². The standard InChI is InChI=1S/C13H19NO2/c1-2-8-15-13-9-11(6-7-12(13)14)16-10-4-3-5-10/h6-7,9-10H,2-5,8,14H2,1H3. The van der Waals surface area contributed by atoms with Crippen LogP contribution < -0.4 is 15.2 Å². The second kappa shape index (κ2) is 5.10. The van der Waals surface area contributed by atoms with Gasteiger partial charge in [0, 0.05) is 6.07 Å². The topological polar surface area (TPSA) is 44.5 Å². The molecular formula is C13H19NO2. The zero-order valence-corrected chi connectivity index (χ0v) is 9.74. The van der Waals surface area contributed by atoms with E-state index in [0.717, 1.165) is 30.8 Å². The van der Waals surface area contributed by atoms with Gasteiger partial charge >= 0.3 is 0 Å². The van der Waals surface area contributed by atoms with Gasteiger partial charge in [0.05, 0.1) is 18.4 Å². The number of benzene rings is 1. The number of hydrogen-bond acceptors (Lipinski definition) is 3. The number of ether oxygens (including phenoxy) is 2. The van der Waals surface area contributed by atoms with Crippen LogP contribution in [0, 0.1) is 0 Å².